The number of H-pyrrole nitrogens is 1. The monoisotopic (exact) mass is 355 g/mol. The molecule has 0 saturated carbocycles. The van der Waals surface area contributed by atoms with Gasteiger partial charge in [-0.15, -0.1) is 10.2 Å². The van der Waals surface area contributed by atoms with E-state index in [0.29, 0.717) is 16.8 Å². The van der Waals surface area contributed by atoms with Crippen LogP contribution >= 0.6 is 11.6 Å². The van der Waals surface area contributed by atoms with Gasteiger partial charge in [-0.05, 0) is 18.1 Å². The fourth-order valence-corrected chi connectivity index (χ4v) is 3.71. The number of halogens is 1. The van der Waals surface area contributed by atoms with E-state index < -0.39 is 0 Å². The highest BCUT2D eigenvalue weighted by molar-refractivity contribution is 6.31. The van der Waals surface area contributed by atoms with E-state index in [1.54, 1.807) is 6.92 Å². The first kappa shape index (κ1) is 16.0. The van der Waals surface area contributed by atoms with E-state index in [4.69, 9.17) is 21.0 Å². The summed E-state index contributed by atoms with van der Waals surface area (Å²) in [5, 5.41) is 16.2. The number of nitrogens with zero attached hydrogens (tertiary/aromatic N) is 4. The lowest BCUT2D eigenvalue weighted by atomic mass is 9.76. The second kappa shape index (κ2) is 6.44. The van der Waals surface area contributed by atoms with Gasteiger partial charge < -0.3 is 4.42 Å². The molecular formula is C18H18ClN5O. The van der Waals surface area contributed by atoms with Crippen LogP contribution in [-0.4, -0.2) is 26.1 Å². The molecule has 0 spiro atoms. The zero-order valence-electron chi connectivity index (χ0n) is 14.0. The summed E-state index contributed by atoms with van der Waals surface area (Å²) >= 11 is 6.54. The SMILES string of the molecule is CCCC1=Nc2[nH]ncc2C(c2ccccc2Cl)C1c1nnc(C)o1. The fraction of sp³-hybridized carbons (Fsp3) is 0.333. The maximum atomic E-state index is 6.54. The molecule has 1 aromatic carbocycles. The van der Waals surface area contributed by atoms with Crippen LogP contribution in [0.5, 0.6) is 0 Å². The van der Waals surface area contributed by atoms with E-state index >= 15 is 0 Å². The van der Waals surface area contributed by atoms with Crippen molar-refractivity contribution in [2.75, 3.05) is 0 Å². The molecule has 1 aliphatic rings. The molecule has 7 heteroatoms. The number of benzene rings is 1. The van der Waals surface area contributed by atoms with Crippen molar-refractivity contribution in [3.63, 3.8) is 0 Å². The lowest BCUT2D eigenvalue weighted by Crippen LogP contribution is -2.25. The minimum atomic E-state index is -0.147. The molecule has 128 valence electrons. The van der Waals surface area contributed by atoms with Gasteiger partial charge in [-0.25, -0.2) is 4.99 Å². The highest BCUT2D eigenvalue weighted by Gasteiger charge is 2.40. The van der Waals surface area contributed by atoms with Crippen LogP contribution in [0.3, 0.4) is 0 Å². The Morgan fingerprint density at radius 1 is 1.16 bits per heavy atom. The minimum absolute atomic E-state index is 0.0682. The van der Waals surface area contributed by atoms with Crippen molar-refractivity contribution in [3.8, 4) is 0 Å². The van der Waals surface area contributed by atoms with Crippen LogP contribution < -0.4 is 0 Å². The van der Waals surface area contributed by atoms with Gasteiger partial charge >= 0.3 is 0 Å². The van der Waals surface area contributed by atoms with Crippen LogP contribution in [0.1, 0.15) is 54.5 Å². The Bertz CT molecular complexity index is 929. The van der Waals surface area contributed by atoms with E-state index in [1.165, 1.54) is 0 Å². The second-order valence-electron chi connectivity index (χ2n) is 6.16. The summed E-state index contributed by atoms with van der Waals surface area (Å²) < 4.78 is 5.81. The molecular weight excluding hydrogens is 338 g/mol. The van der Waals surface area contributed by atoms with Crippen molar-refractivity contribution in [3.05, 3.63) is 58.4 Å². The average molecular weight is 356 g/mol. The van der Waals surface area contributed by atoms with Gasteiger partial charge in [-0.1, -0.05) is 43.1 Å². The first-order valence-corrected chi connectivity index (χ1v) is 8.72. The molecule has 2 atom stereocenters. The molecule has 0 bridgehead atoms. The highest BCUT2D eigenvalue weighted by atomic mass is 35.5. The molecule has 1 N–H and O–H groups in total. The fourth-order valence-electron chi connectivity index (χ4n) is 3.46. The van der Waals surface area contributed by atoms with Crippen molar-refractivity contribution in [2.45, 2.75) is 38.5 Å². The number of hydrogen-bond donors (Lipinski definition) is 1. The van der Waals surface area contributed by atoms with Gasteiger partial charge in [0.25, 0.3) is 0 Å². The molecule has 0 radical (unpaired) electrons. The quantitative estimate of drug-likeness (QED) is 0.744. The topological polar surface area (TPSA) is 80.0 Å². The molecule has 2 aromatic heterocycles. The van der Waals surface area contributed by atoms with Crippen LogP contribution in [0, 0.1) is 6.92 Å². The second-order valence-corrected chi connectivity index (χ2v) is 6.57. The lowest BCUT2D eigenvalue weighted by molar-refractivity contribution is 0.442. The zero-order chi connectivity index (χ0) is 17.4. The molecule has 3 heterocycles. The molecule has 25 heavy (non-hydrogen) atoms. The van der Waals surface area contributed by atoms with Crippen LogP contribution in [0.25, 0.3) is 0 Å². The number of fused-ring (bicyclic) bond motifs is 1. The molecule has 0 fully saturated rings. The van der Waals surface area contributed by atoms with Gasteiger partial charge in [0, 0.05) is 29.1 Å². The number of rotatable bonds is 4. The zero-order valence-corrected chi connectivity index (χ0v) is 14.8. The van der Waals surface area contributed by atoms with Gasteiger partial charge in [0.15, 0.2) is 5.82 Å². The summed E-state index contributed by atoms with van der Waals surface area (Å²) in [7, 11) is 0. The van der Waals surface area contributed by atoms with Gasteiger partial charge in [-0.3, -0.25) is 5.10 Å². The van der Waals surface area contributed by atoms with Crippen LogP contribution in [0.15, 0.2) is 39.9 Å². The summed E-state index contributed by atoms with van der Waals surface area (Å²) in [5.74, 6) is 1.68. The predicted molar refractivity (Wildman–Crippen MR) is 95.7 cm³/mol. The molecule has 4 rings (SSSR count). The molecule has 2 unspecified atom stereocenters. The van der Waals surface area contributed by atoms with Crippen molar-refractivity contribution >= 4 is 23.1 Å². The Morgan fingerprint density at radius 3 is 2.72 bits per heavy atom. The van der Waals surface area contributed by atoms with E-state index in [-0.39, 0.29) is 11.8 Å². The van der Waals surface area contributed by atoms with Crippen molar-refractivity contribution in [2.24, 2.45) is 4.99 Å². The van der Waals surface area contributed by atoms with Crippen molar-refractivity contribution in [1.82, 2.24) is 20.4 Å². The van der Waals surface area contributed by atoms with Crippen LogP contribution in [0.2, 0.25) is 5.02 Å². The van der Waals surface area contributed by atoms with Gasteiger partial charge in [0.2, 0.25) is 11.8 Å². The van der Waals surface area contributed by atoms with E-state index in [2.05, 4.69) is 27.3 Å². The smallest absolute Gasteiger partial charge is 0.226 e. The van der Waals surface area contributed by atoms with Gasteiger partial charge in [-0.2, -0.15) is 5.10 Å². The average Bonchev–Trinajstić information content (AvgIpc) is 3.23. The molecule has 1 aliphatic heterocycles. The minimum Gasteiger partial charge on any atom is -0.425 e. The number of hydrogen-bond acceptors (Lipinski definition) is 5. The highest BCUT2D eigenvalue weighted by Crippen LogP contribution is 2.48. The lowest BCUT2D eigenvalue weighted by Gasteiger charge is -2.30. The first-order chi connectivity index (χ1) is 12.2. The van der Waals surface area contributed by atoms with Crippen molar-refractivity contribution in [1.29, 1.82) is 0 Å². The third kappa shape index (κ3) is 2.76. The Hall–Kier alpha value is -2.47. The molecule has 3 aromatic rings. The predicted octanol–water partition coefficient (Wildman–Crippen LogP) is 4.56. The van der Waals surface area contributed by atoms with E-state index in [9.17, 15) is 0 Å². The Labute approximate surface area is 150 Å². The standard InChI is InChI=1S/C18H18ClN5O/c1-3-6-14-16(18-24-22-10(2)25-18)15(11-7-4-5-8-13(11)19)12-9-20-23-17(12)21-14/h4-5,7-9,15-16H,3,6H2,1-2H3,(H,20,23). The Balaban J connectivity index is 1.94. The number of aliphatic imine (C=N–C) groups is 1. The molecule has 0 amide bonds. The van der Waals surface area contributed by atoms with Gasteiger partial charge in [0.1, 0.15) is 0 Å². The Morgan fingerprint density at radius 2 is 2.00 bits per heavy atom. The third-order valence-electron chi connectivity index (χ3n) is 4.48. The summed E-state index contributed by atoms with van der Waals surface area (Å²) in [4.78, 5) is 4.80. The summed E-state index contributed by atoms with van der Waals surface area (Å²) in [6.45, 7) is 3.93. The number of aromatic nitrogens is 4. The molecule has 6 nitrogen and oxygen atoms in total. The first-order valence-electron chi connectivity index (χ1n) is 8.34. The van der Waals surface area contributed by atoms with Gasteiger partial charge in [0.05, 0.1) is 12.1 Å². The Kier molecular flexibility index (Phi) is 4.13. The number of aryl methyl sites for hydroxylation is 1. The normalized spacial score (nSPS) is 19.6. The molecule has 0 saturated heterocycles. The summed E-state index contributed by atoms with van der Waals surface area (Å²) in [6, 6.07) is 7.85. The maximum Gasteiger partial charge on any atom is 0.226 e. The van der Waals surface area contributed by atoms with Crippen molar-refractivity contribution < 1.29 is 4.42 Å². The van der Waals surface area contributed by atoms with Crippen LogP contribution in [-0.2, 0) is 0 Å². The summed E-state index contributed by atoms with van der Waals surface area (Å²) in [5.41, 5.74) is 3.01. The van der Waals surface area contributed by atoms with E-state index in [0.717, 1.165) is 35.5 Å². The largest absolute Gasteiger partial charge is 0.425 e. The maximum absolute atomic E-state index is 6.54. The van der Waals surface area contributed by atoms with E-state index in [1.807, 2.05) is 30.5 Å². The van der Waals surface area contributed by atoms with Crippen LogP contribution in [0.4, 0.5) is 5.82 Å². The third-order valence-corrected chi connectivity index (χ3v) is 4.83. The number of nitrogens with one attached hydrogen (secondary N) is 1. The molecule has 0 aliphatic carbocycles. The summed E-state index contributed by atoms with van der Waals surface area (Å²) in [6.07, 6.45) is 3.62. The number of aromatic amines is 1.